The first-order chi connectivity index (χ1) is 9.94. The van der Waals surface area contributed by atoms with E-state index >= 15 is 0 Å². The van der Waals surface area contributed by atoms with Crippen molar-refractivity contribution in [3.05, 3.63) is 50.1 Å². The first-order valence-corrected chi connectivity index (χ1v) is 8.18. The van der Waals surface area contributed by atoms with Gasteiger partial charge < -0.3 is 10.2 Å². The average molecular weight is 344 g/mol. The van der Waals surface area contributed by atoms with Crippen molar-refractivity contribution >= 4 is 46.1 Å². The summed E-state index contributed by atoms with van der Waals surface area (Å²) in [6.07, 6.45) is 0. The van der Waals surface area contributed by atoms with Crippen LogP contribution in [0.2, 0.25) is 10.0 Å². The Bertz CT molecular complexity index is 622. The van der Waals surface area contributed by atoms with Gasteiger partial charge in [-0.05, 0) is 42.1 Å². The van der Waals surface area contributed by atoms with Gasteiger partial charge in [-0.1, -0.05) is 23.2 Å². The molecule has 1 amide bonds. The van der Waals surface area contributed by atoms with Crippen LogP contribution < -0.4 is 10.2 Å². The van der Waals surface area contributed by atoms with Gasteiger partial charge in [-0.15, -0.1) is 11.3 Å². The van der Waals surface area contributed by atoms with Crippen molar-refractivity contribution in [2.75, 3.05) is 18.9 Å². The van der Waals surface area contributed by atoms with Crippen LogP contribution in [-0.2, 0) is 11.3 Å². The predicted octanol–water partition coefficient (Wildman–Crippen LogP) is 3.02. The standard InChI is InChI=1S/C15H16Cl2N2OS/c1-10-3-4-21-14(10)8-19(2)9-15(20)18-13-6-11(16)5-12(17)7-13/h3-7H,8-9H2,1-2H3,(H,18,20)/p+1. The number of hydrogen-bond acceptors (Lipinski definition) is 2. The highest BCUT2D eigenvalue weighted by Crippen LogP contribution is 2.22. The summed E-state index contributed by atoms with van der Waals surface area (Å²) in [5.74, 6) is -0.0555. The third-order valence-corrected chi connectivity index (χ3v) is 4.50. The maximum atomic E-state index is 12.0. The van der Waals surface area contributed by atoms with Gasteiger partial charge in [0.25, 0.3) is 5.91 Å². The lowest BCUT2D eigenvalue weighted by Crippen LogP contribution is -3.08. The van der Waals surface area contributed by atoms with Crippen molar-refractivity contribution in [2.45, 2.75) is 13.5 Å². The summed E-state index contributed by atoms with van der Waals surface area (Å²) in [7, 11) is 2.00. The summed E-state index contributed by atoms with van der Waals surface area (Å²) in [6.45, 7) is 3.32. The minimum atomic E-state index is -0.0555. The zero-order valence-electron chi connectivity index (χ0n) is 11.9. The highest BCUT2D eigenvalue weighted by molar-refractivity contribution is 7.10. The maximum absolute atomic E-state index is 12.0. The fourth-order valence-electron chi connectivity index (χ4n) is 2.03. The highest BCUT2D eigenvalue weighted by atomic mass is 35.5. The normalized spacial score (nSPS) is 12.2. The van der Waals surface area contributed by atoms with Crippen molar-refractivity contribution in [3.8, 4) is 0 Å². The Balaban J connectivity index is 1.90. The van der Waals surface area contributed by atoms with Crippen LogP contribution in [-0.4, -0.2) is 19.5 Å². The van der Waals surface area contributed by atoms with E-state index < -0.39 is 0 Å². The van der Waals surface area contributed by atoms with Crippen LogP contribution >= 0.6 is 34.5 Å². The van der Waals surface area contributed by atoms with E-state index in [1.165, 1.54) is 10.4 Å². The molecule has 0 fully saturated rings. The summed E-state index contributed by atoms with van der Waals surface area (Å²) < 4.78 is 0. The number of anilines is 1. The van der Waals surface area contributed by atoms with Crippen LogP contribution in [0.15, 0.2) is 29.6 Å². The molecule has 0 aliphatic rings. The molecule has 2 N–H and O–H groups in total. The quantitative estimate of drug-likeness (QED) is 0.859. The Morgan fingerprint density at radius 3 is 2.52 bits per heavy atom. The van der Waals surface area contributed by atoms with Crippen molar-refractivity contribution in [1.82, 2.24) is 0 Å². The van der Waals surface area contributed by atoms with Crippen LogP contribution in [0.3, 0.4) is 0 Å². The number of halogens is 2. The number of thiophene rings is 1. The fourth-order valence-corrected chi connectivity index (χ4v) is 3.57. The minimum Gasteiger partial charge on any atom is -0.325 e. The molecule has 0 aliphatic heterocycles. The molecule has 1 aromatic heterocycles. The maximum Gasteiger partial charge on any atom is 0.279 e. The lowest BCUT2D eigenvalue weighted by molar-refractivity contribution is -0.884. The van der Waals surface area contributed by atoms with Gasteiger partial charge in [0.2, 0.25) is 0 Å². The van der Waals surface area contributed by atoms with E-state index in [9.17, 15) is 4.79 Å². The second kappa shape index (κ2) is 7.27. The van der Waals surface area contributed by atoms with E-state index in [1.807, 2.05) is 7.05 Å². The van der Waals surface area contributed by atoms with Crippen LogP contribution in [0.25, 0.3) is 0 Å². The Morgan fingerprint density at radius 1 is 1.29 bits per heavy atom. The van der Waals surface area contributed by atoms with Gasteiger partial charge in [0.05, 0.1) is 11.9 Å². The summed E-state index contributed by atoms with van der Waals surface area (Å²) in [6, 6.07) is 7.10. The van der Waals surface area contributed by atoms with E-state index in [0.717, 1.165) is 11.4 Å². The Kier molecular flexibility index (Phi) is 5.65. The third-order valence-electron chi connectivity index (χ3n) is 3.04. The SMILES string of the molecule is Cc1ccsc1C[NH+](C)CC(=O)Nc1cc(Cl)cc(Cl)c1. The topological polar surface area (TPSA) is 33.5 Å². The summed E-state index contributed by atoms with van der Waals surface area (Å²) in [5.41, 5.74) is 1.90. The first kappa shape index (κ1) is 16.3. The molecule has 0 bridgehead atoms. The smallest absolute Gasteiger partial charge is 0.279 e. The summed E-state index contributed by atoms with van der Waals surface area (Å²) in [4.78, 5) is 14.5. The molecule has 2 aromatic rings. The Hall–Kier alpha value is -1.07. The number of aryl methyl sites for hydroxylation is 1. The lowest BCUT2D eigenvalue weighted by Gasteiger charge is -2.13. The predicted molar refractivity (Wildman–Crippen MR) is 89.6 cm³/mol. The molecule has 3 nitrogen and oxygen atoms in total. The minimum absolute atomic E-state index is 0.0555. The molecule has 1 atom stereocenters. The number of quaternary nitrogens is 1. The van der Waals surface area contributed by atoms with E-state index in [4.69, 9.17) is 23.2 Å². The van der Waals surface area contributed by atoms with Gasteiger partial charge in [-0.2, -0.15) is 0 Å². The van der Waals surface area contributed by atoms with Gasteiger partial charge in [-0.3, -0.25) is 4.79 Å². The van der Waals surface area contributed by atoms with Crippen LogP contribution in [0.1, 0.15) is 10.4 Å². The number of rotatable bonds is 5. The fraction of sp³-hybridized carbons (Fsp3) is 0.267. The number of likely N-dealkylation sites (N-methyl/N-ethyl adjacent to an activating group) is 1. The van der Waals surface area contributed by atoms with Gasteiger partial charge in [-0.25, -0.2) is 0 Å². The molecule has 112 valence electrons. The number of amides is 1. The van der Waals surface area contributed by atoms with Crippen molar-refractivity contribution in [1.29, 1.82) is 0 Å². The first-order valence-electron chi connectivity index (χ1n) is 6.54. The van der Waals surface area contributed by atoms with Crippen LogP contribution in [0.4, 0.5) is 5.69 Å². The summed E-state index contributed by atoms with van der Waals surface area (Å²) in [5, 5.41) is 5.91. The van der Waals surface area contributed by atoms with Gasteiger partial charge in [0, 0.05) is 15.7 Å². The van der Waals surface area contributed by atoms with Gasteiger partial charge in [0.15, 0.2) is 6.54 Å². The highest BCUT2D eigenvalue weighted by Gasteiger charge is 2.13. The molecule has 21 heavy (non-hydrogen) atoms. The Labute approximate surface area is 138 Å². The van der Waals surface area contributed by atoms with Crippen molar-refractivity contribution in [3.63, 3.8) is 0 Å². The van der Waals surface area contributed by atoms with Gasteiger partial charge in [0.1, 0.15) is 6.54 Å². The van der Waals surface area contributed by atoms with Crippen molar-refractivity contribution in [2.24, 2.45) is 0 Å². The molecule has 1 unspecified atom stereocenters. The average Bonchev–Trinajstić information content (AvgIpc) is 2.73. The zero-order chi connectivity index (χ0) is 15.4. The largest absolute Gasteiger partial charge is 0.325 e. The molecule has 0 aliphatic carbocycles. The third kappa shape index (κ3) is 5.00. The molecule has 6 heteroatoms. The zero-order valence-corrected chi connectivity index (χ0v) is 14.2. The molecule has 0 saturated heterocycles. The molecule has 0 saturated carbocycles. The Morgan fingerprint density at radius 2 is 1.95 bits per heavy atom. The molecular formula is C15H17Cl2N2OS+. The lowest BCUT2D eigenvalue weighted by atomic mass is 10.3. The van der Waals surface area contributed by atoms with E-state index in [-0.39, 0.29) is 5.91 Å². The molecule has 1 aromatic carbocycles. The molecule has 0 radical (unpaired) electrons. The number of nitrogens with one attached hydrogen (secondary N) is 2. The molecule has 1 heterocycles. The van der Waals surface area contributed by atoms with E-state index in [2.05, 4.69) is 23.7 Å². The number of hydrogen-bond donors (Lipinski definition) is 2. The van der Waals surface area contributed by atoms with Crippen LogP contribution in [0, 0.1) is 6.92 Å². The number of carbonyl (C=O) groups excluding carboxylic acids is 1. The number of benzene rings is 1. The second-order valence-corrected chi connectivity index (χ2v) is 6.92. The monoisotopic (exact) mass is 343 g/mol. The van der Waals surface area contributed by atoms with Crippen molar-refractivity contribution < 1.29 is 9.69 Å². The van der Waals surface area contributed by atoms with E-state index in [0.29, 0.717) is 22.3 Å². The van der Waals surface area contributed by atoms with Crippen LogP contribution in [0.5, 0.6) is 0 Å². The number of carbonyl (C=O) groups is 1. The van der Waals surface area contributed by atoms with E-state index in [1.54, 1.807) is 29.5 Å². The summed E-state index contributed by atoms with van der Waals surface area (Å²) >= 11 is 13.5. The van der Waals surface area contributed by atoms with Gasteiger partial charge >= 0.3 is 0 Å². The molecular weight excluding hydrogens is 327 g/mol. The molecule has 2 rings (SSSR count). The molecule has 0 spiro atoms. The second-order valence-electron chi connectivity index (χ2n) is 5.04.